The second-order valence-corrected chi connectivity index (χ2v) is 5.46. The average Bonchev–Trinajstić information content (AvgIpc) is 2.65. The first-order valence-corrected chi connectivity index (χ1v) is 6.75. The fourth-order valence-corrected chi connectivity index (χ4v) is 3.74. The highest BCUT2D eigenvalue weighted by atomic mass is 32.2. The van der Waals surface area contributed by atoms with Gasteiger partial charge in [-0.15, -0.1) is 0 Å². The minimum atomic E-state index is 0.704. The van der Waals surface area contributed by atoms with Gasteiger partial charge in [-0.3, -0.25) is 0 Å². The summed E-state index contributed by atoms with van der Waals surface area (Å²) < 4.78 is 0. The number of hydrogen-bond acceptors (Lipinski definition) is 2. The Kier molecular flexibility index (Phi) is 3.71. The normalized spacial score (nSPS) is 25.7. The van der Waals surface area contributed by atoms with Crippen LogP contribution in [0.4, 0.5) is 0 Å². The first-order valence-electron chi connectivity index (χ1n) is 5.60. The van der Waals surface area contributed by atoms with Crippen molar-refractivity contribution in [2.24, 2.45) is 5.92 Å². The third-order valence-corrected chi connectivity index (χ3v) is 4.41. The number of nitrogens with one attached hydrogen (secondary N) is 1. The fourth-order valence-electron chi connectivity index (χ4n) is 2.26. The predicted molar refractivity (Wildman–Crippen MR) is 68.5 cm³/mol. The monoisotopic (exact) mass is 221 g/mol. The average molecular weight is 221 g/mol. The summed E-state index contributed by atoms with van der Waals surface area (Å²) in [5.74, 6) is 3.38. The Morgan fingerprint density at radius 3 is 3.00 bits per heavy atom. The van der Waals surface area contributed by atoms with E-state index in [0.717, 1.165) is 5.92 Å². The van der Waals surface area contributed by atoms with Gasteiger partial charge in [-0.2, -0.15) is 11.8 Å². The van der Waals surface area contributed by atoms with Gasteiger partial charge in [0.1, 0.15) is 0 Å². The van der Waals surface area contributed by atoms with Crippen molar-refractivity contribution in [3.63, 3.8) is 0 Å². The Hall–Kier alpha value is -0.470. The standard InChI is InChI=1S/C13H19NS/c1-10-4-3-5-11(6-10)7-12-8-15-9-13(12)14-2/h3-6,12-14H,7-9H2,1-2H3. The third kappa shape index (κ3) is 2.76. The number of benzene rings is 1. The Labute approximate surface area is 96.7 Å². The molecule has 1 nitrogen and oxygen atoms in total. The van der Waals surface area contributed by atoms with E-state index in [9.17, 15) is 0 Å². The summed E-state index contributed by atoms with van der Waals surface area (Å²) in [5.41, 5.74) is 2.86. The molecule has 0 aromatic heterocycles. The summed E-state index contributed by atoms with van der Waals surface area (Å²) in [6.45, 7) is 2.17. The minimum Gasteiger partial charge on any atom is -0.316 e. The molecule has 1 N–H and O–H groups in total. The molecule has 1 aliphatic rings. The van der Waals surface area contributed by atoms with Crippen LogP contribution in [0.3, 0.4) is 0 Å². The molecule has 2 heteroatoms. The molecule has 1 aromatic rings. The lowest BCUT2D eigenvalue weighted by Crippen LogP contribution is -2.33. The SMILES string of the molecule is CNC1CSCC1Cc1cccc(C)c1. The van der Waals surface area contributed by atoms with Gasteiger partial charge >= 0.3 is 0 Å². The Balaban J connectivity index is 2.02. The first-order chi connectivity index (χ1) is 7.29. The van der Waals surface area contributed by atoms with E-state index < -0.39 is 0 Å². The van der Waals surface area contributed by atoms with Crippen LogP contribution in [-0.4, -0.2) is 24.6 Å². The van der Waals surface area contributed by atoms with Crippen LogP contribution in [0.1, 0.15) is 11.1 Å². The number of rotatable bonds is 3. The van der Waals surface area contributed by atoms with Gasteiger partial charge in [0, 0.05) is 11.8 Å². The van der Waals surface area contributed by atoms with Crippen LogP contribution in [0.5, 0.6) is 0 Å². The minimum absolute atomic E-state index is 0.704. The fraction of sp³-hybridized carbons (Fsp3) is 0.538. The third-order valence-electron chi connectivity index (χ3n) is 3.15. The van der Waals surface area contributed by atoms with Crippen LogP contribution < -0.4 is 5.32 Å². The molecule has 2 unspecified atom stereocenters. The Morgan fingerprint density at radius 1 is 1.40 bits per heavy atom. The summed E-state index contributed by atoms with van der Waals surface area (Å²) in [6, 6.07) is 9.61. The summed E-state index contributed by atoms with van der Waals surface area (Å²) in [7, 11) is 2.08. The van der Waals surface area contributed by atoms with Crippen molar-refractivity contribution < 1.29 is 0 Å². The summed E-state index contributed by atoms with van der Waals surface area (Å²) in [5, 5.41) is 3.43. The van der Waals surface area contributed by atoms with Crippen molar-refractivity contribution in [3.8, 4) is 0 Å². The maximum absolute atomic E-state index is 3.43. The largest absolute Gasteiger partial charge is 0.316 e. The molecule has 2 atom stereocenters. The zero-order valence-corrected chi connectivity index (χ0v) is 10.3. The highest BCUT2D eigenvalue weighted by Gasteiger charge is 2.26. The number of aryl methyl sites for hydroxylation is 1. The molecule has 1 heterocycles. The van der Waals surface area contributed by atoms with E-state index in [0.29, 0.717) is 6.04 Å². The molecule has 1 aromatic carbocycles. The van der Waals surface area contributed by atoms with Gasteiger partial charge in [0.2, 0.25) is 0 Å². The molecule has 1 aliphatic heterocycles. The van der Waals surface area contributed by atoms with Crippen LogP contribution in [0.15, 0.2) is 24.3 Å². The van der Waals surface area contributed by atoms with Crippen molar-refractivity contribution in [2.75, 3.05) is 18.6 Å². The second-order valence-electron chi connectivity index (χ2n) is 4.39. The van der Waals surface area contributed by atoms with Gasteiger partial charge in [0.15, 0.2) is 0 Å². The lowest BCUT2D eigenvalue weighted by molar-refractivity contribution is 0.453. The predicted octanol–water partition coefficient (Wildman–Crippen LogP) is 2.49. The molecule has 0 amide bonds. The molecule has 82 valence electrons. The number of hydrogen-bond donors (Lipinski definition) is 1. The van der Waals surface area contributed by atoms with Crippen molar-refractivity contribution in [1.82, 2.24) is 5.32 Å². The van der Waals surface area contributed by atoms with Crippen molar-refractivity contribution >= 4 is 11.8 Å². The topological polar surface area (TPSA) is 12.0 Å². The zero-order chi connectivity index (χ0) is 10.7. The van der Waals surface area contributed by atoms with Crippen LogP contribution in [0.25, 0.3) is 0 Å². The lowest BCUT2D eigenvalue weighted by Gasteiger charge is -2.18. The molecule has 15 heavy (non-hydrogen) atoms. The molecule has 0 aliphatic carbocycles. The van der Waals surface area contributed by atoms with Crippen LogP contribution in [-0.2, 0) is 6.42 Å². The Morgan fingerprint density at radius 2 is 2.27 bits per heavy atom. The quantitative estimate of drug-likeness (QED) is 0.841. The first kappa shape index (κ1) is 11.0. The van der Waals surface area contributed by atoms with E-state index >= 15 is 0 Å². The van der Waals surface area contributed by atoms with Gasteiger partial charge in [-0.05, 0) is 37.6 Å². The zero-order valence-electron chi connectivity index (χ0n) is 9.49. The van der Waals surface area contributed by atoms with Crippen molar-refractivity contribution in [1.29, 1.82) is 0 Å². The molecule has 1 fully saturated rings. The Bertz CT molecular complexity index is 324. The molecule has 0 spiro atoms. The van der Waals surface area contributed by atoms with Crippen LogP contribution >= 0.6 is 11.8 Å². The molecular weight excluding hydrogens is 202 g/mol. The maximum atomic E-state index is 3.43. The highest BCUT2D eigenvalue weighted by Crippen LogP contribution is 2.27. The number of thioether (sulfide) groups is 1. The smallest absolute Gasteiger partial charge is 0.0194 e. The van der Waals surface area contributed by atoms with Crippen LogP contribution in [0.2, 0.25) is 0 Å². The van der Waals surface area contributed by atoms with E-state index in [1.807, 2.05) is 0 Å². The molecule has 0 radical (unpaired) electrons. The van der Waals surface area contributed by atoms with E-state index in [1.165, 1.54) is 29.1 Å². The van der Waals surface area contributed by atoms with Gasteiger partial charge in [0.05, 0.1) is 0 Å². The second kappa shape index (κ2) is 5.04. The van der Waals surface area contributed by atoms with E-state index in [1.54, 1.807) is 0 Å². The van der Waals surface area contributed by atoms with Crippen molar-refractivity contribution in [3.05, 3.63) is 35.4 Å². The molecular formula is C13H19NS. The summed E-state index contributed by atoms with van der Waals surface area (Å²) >= 11 is 2.08. The molecule has 1 saturated heterocycles. The van der Waals surface area contributed by atoms with Gasteiger partial charge in [0.25, 0.3) is 0 Å². The van der Waals surface area contributed by atoms with Crippen LogP contribution in [0, 0.1) is 12.8 Å². The molecule has 0 saturated carbocycles. The highest BCUT2D eigenvalue weighted by molar-refractivity contribution is 7.99. The van der Waals surface area contributed by atoms with E-state index in [-0.39, 0.29) is 0 Å². The van der Waals surface area contributed by atoms with Gasteiger partial charge < -0.3 is 5.32 Å². The molecule has 0 bridgehead atoms. The van der Waals surface area contributed by atoms with Gasteiger partial charge in [-0.1, -0.05) is 29.8 Å². The van der Waals surface area contributed by atoms with Gasteiger partial charge in [-0.25, -0.2) is 0 Å². The molecule has 2 rings (SSSR count). The summed E-state index contributed by atoms with van der Waals surface area (Å²) in [4.78, 5) is 0. The maximum Gasteiger partial charge on any atom is 0.0194 e. The van der Waals surface area contributed by atoms with Crippen molar-refractivity contribution in [2.45, 2.75) is 19.4 Å². The summed E-state index contributed by atoms with van der Waals surface area (Å²) in [6.07, 6.45) is 1.22. The van der Waals surface area contributed by atoms with E-state index in [2.05, 4.69) is 55.3 Å². The van der Waals surface area contributed by atoms with E-state index in [4.69, 9.17) is 0 Å². The lowest BCUT2D eigenvalue weighted by atomic mass is 9.94.